The first-order valence-corrected chi connectivity index (χ1v) is 14.1. The van der Waals surface area contributed by atoms with Gasteiger partial charge < -0.3 is 4.90 Å². The first kappa shape index (κ1) is 21.9. The van der Waals surface area contributed by atoms with Gasteiger partial charge in [0.1, 0.15) is 0 Å². The van der Waals surface area contributed by atoms with Crippen molar-refractivity contribution >= 4 is 17.1 Å². The van der Waals surface area contributed by atoms with Crippen molar-refractivity contribution in [3.05, 3.63) is 139 Å². The molecule has 2 saturated carbocycles. The molecule has 3 aliphatic carbocycles. The van der Waals surface area contributed by atoms with E-state index in [4.69, 9.17) is 0 Å². The molecule has 0 amide bonds. The Morgan fingerprint density at radius 3 is 1.95 bits per heavy atom. The van der Waals surface area contributed by atoms with Gasteiger partial charge in [-0.1, -0.05) is 103 Å². The fourth-order valence-corrected chi connectivity index (χ4v) is 8.04. The van der Waals surface area contributed by atoms with E-state index in [1.54, 1.807) is 11.1 Å². The Balaban J connectivity index is 1.33. The zero-order valence-electron chi connectivity index (χ0n) is 21.6. The van der Waals surface area contributed by atoms with Gasteiger partial charge in [-0.2, -0.15) is 0 Å². The number of fused-ring (bicyclic) bond motifs is 8. The standard InChI is InChI=1S/C37H31N/c1-3-10-27(11-4-1)28-19-22-31(23-20-28)38(30-12-5-2-6-13-30)35-17-9-16-34-36(35)32-14-7-8-15-33(32)37(34)25-26-18-21-29(37)24-26/h1-17,19-20,22-23,26,29H,18,21,24-25H2/t26-,29+,37+/m0/s1. The van der Waals surface area contributed by atoms with E-state index < -0.39 is 0 Å². The first-order chi connectivity index (χ1) is 18.8. The summed E-state index contributed by atoms with van der Waals surface area (Å²) in [7, 11) is 0. The first-order valence-electron chi connectivity index (χ1n) is 14.1. The Bertz CT molecular complexity index is 1620. The van der Waals surface area contributed by atoms with Crippen LogP contribution in [0.15, 0.2) is 127 Å². The second-order valence-electron chi connectivity index (χ2n) is 11.4. The van der Waals surface area contributed by atoms with Crippen molar-refractivity contribution in [3.63, 3.8) is 0 Å². The lowest BCUT2D eigenvalue weighted by Crippen LogP contribution is -2.31. The van der Waals surface area contributed by atoms with Crippen LogP contribution in [-0.4, -0.2) is 0 Å². The van der Waals surface area contributed by atoms with Crippen LogP contribution in [0, 0.1) is 11.8 Å². The number of hydrogen-bond acceptors (Lipinski definition) is 1. The van der Waals surface area contributed by atoms with E-state index in [1.807, 2.05) is 0 Å². The molecule has 3 aliphatic rings. The summed E-state index contributed by atoms with van der Waals surface area (Å²) >= 11 is 0. The molecule has 1 nitrogen and oxygen atoms in total. The molecule has 2 fully saturated rings. The van der Waals surface area contributed by atoms with E-state index in [1.165, 1.54) is 65.0 Å². The zero-order chi connectivity index (χ0) is 25.1. The number of anilines is 3. The largest absolute Gasteiger partial charge is 0.310 e. The van der Waals surface area contributed by atoms with Gasteiger partial charge in [0, 0.05) is 22.4 Å². The molecule has 184 valence electrons. The van der Waals surface area contributed by atoms with Crippen molar-refractivity contribution in [1.29, 1.82) is 0 Å². The van der Waals surface area contributed by atoms with E-state index in [-0.39, 0.29) is 5.41 Å². The van der Waals surface area contributed by atoms with Crippen molar-refractivity contribution in [2.45, 2.75) is 31.1 Å². The summed E-state index contributed by atoms with van der Waals surface area (Å²) in [6.45, 7) is 0. The van der Waals surface area contributed by atoms with Crippen LogP contribution < -0.4 is 4.90 Å². The van der Waals surface area contributed by atoms with E-state index in [9.17, 15) is 0 Å². The van der Waals surface area contributed by atoms with E-state index in [0.717, 1.165) is 11.8 Å². The fraction of sp³-hybridized carbons (Fsp3) is 0.189. The molecule has 2 bridgehead atoms. The molecule has 0 aliphatic heterocycles. The van der Waals surface area contributed by atoms with Crippen LogP contribution in [0.4, 0.5) is 17.1 Å². The van der Waals surface area contributed by atoms with Crippen molar-refractivity contribution in [1.82, 2.24) is 0 Å². The number of benzene rings is 5. The summed E-state index contributed by atoms with van der Waals surface area (Å²) < 4.78 is 0. The summed E-state index contributed by atoms with van der Waals surface area (Å²) in [4.78, 5) is 2.47. The third-order valence-corrected chi connectivity index (χ3v) is 9.54. The van der Waals surface area contributed by atoms with Crippen LogP contribution in [0.3, 0.4) is 0 Å². The predicted molar refractivity (Wildman–Crippen MR) is 158 cm³/mol. The molecule has 0 radical (unpaired) electrons. The van der Waals surface area contributed by atoms with Crippen molar-refractivity contribution in [2.75, 3.05) is 4.90 Å². The highest BCUT2D eigenvalue weighted by Gasteiger charge is 2.57. The molecule has 5 aromatic carbocycles. The summed E-state index contributed by atoms with van der Waals surface area (Å²) in [6, 6.07) is 47.0. The van der Waals surface area contributed by atoms with Gasteiger partial charge in [-0.15, -0.1) is 0 Å². The summed E-state index contributed by atoms with van der Waals surface area (Å²) in [6.07, 6.45) is 5.48. The molecule has 0 unspecified atom stereocenters. The van der Waals surface area contributed by atoms with Gasteiger partial charge in [-0.05, 0) is 89.2 Å². The van der Waals surface area contributed by atoms with Crippen LogP contribution in [0.1, 0.15) is 36.8 Å². The topological polar surface area (TPSA) is 3.24 Å². The SMILES string of the molecule is c1ccc(-c2ccc(N(c3ccccc3)c3cccc4c3-c3ccccc3[C@]43C[C@H]4CC[C@@H]3C4)cc2)cc1. The zero-order valence-corrected chi connectivity index (χ0v) is 21.6. The Labute approximate surface area is 225 Å². The molecule has 0 saturated heterocycles. The van der Waals surface area contributed by atoms with Crippen molar-refractivity contribution < 1.29 is 0 Å². The lowest BCUT2D eigenvalue weighted by Gasteiger charge is -2.37. The van der Waals surface area contributed by atoms with Gasteiger partial charge in [0.2, 0.25) is 0 Å². The number of nitrogens with zero attached hydrogens (tertiary/aromatic N) is 1. The molecule has 38 heavy (non-hydrogen) atoms. The minimum atomic E-state index is 0.185. The maximum absolute atomic E-state index is 2.47. The average Bonchev–Trinajstić information content (AvgIpc) is 3.68. The second-order valence-corrected chi connectivity index (χ2v) is 11.4. The van der Waals surface area contributed by atoms with Crippen molar-refractivity contribution in [3.8, 4) is 22.3 Å². The third-order valence-electron chi connectivity index (χ3n) is 9.54. The van der Waals surface area contributed by atoms with Gasteiger partial charge in [0.05, 0.1) is 5.69 Å². The highest BCUT2D eigenvalue weighted by Crippen LogP contribution is 2.67. The highest BCUT2D eigenvalue weighted by molar-refractivity contribution is 5.95. The number of hydrogen-bond donors (Lipinski definition) is 0. The lowest BCUT2D eigenvalue weighted by molar-refractivity contribution is 0.327. The van der Waals surface area contributed by atoms with Crippen LogP contribution in [0.5, 0.6) is 0 Å². The van der Waals surface area contributed by atoms with E-state index >= 15 is 0 Å². The molecule has 0 heterocycles. The summed E-state index contributed by atoms with van der Waals surface area (Å²) in [5, 5.41) is 0. The summed E-state index contributed by atoms with van der Waals surface area (Å²) in [5.74, 6) is 1.64. The normalized spacial score (nSPS) is 22.4. The summed E-state index contributed by atoms with van der Waals surface area (Å²) in [5.41, 5.74) is 12.4. The fourth-order valence-electron chi connectivity index (χ4n) is 8.04. The van der Waals surface area contributed by atoms with Crippen LogP contribution in [0.2, 0.25) is 0 Å². The minimum Gasteiger partial charge on any atom is -0.310 e. The molecule has 1 spiro atoms. The maximum Gasteiger partial charge on any atom is 0.0543 e. The van der Waals surface area contributed by atoms with Gasteiger partial charge in [0.15, 0.2) is 0 Å². The number of para-hydroxylation sites is 1. The molecule has 0 N–H and O–H groups in total. The van der Waals surface area contributed by atoms with Gasteiger partial charge >= 0.3 is 0 Å². The molecule has 0 aromatic heterocycles. The van der Waals surface area contributed by atoms with Gasteiger partial charge in [-0.25, -0.2) is 0 Å². The lowest BCUT2D eigenvalue weighted by atomic mass is 9.67. The molecule has 1 heteroatoms. The Kier molecular flexibility index (Phi) is 4.88. The molecule has 5 aromatic rings. The highest BCUT2D eigenvalue weighted by atomic mass is 15.1. The molecular formula is C37H31N. The van der Waals surface area contributed by atoms with Crippen molar-refractivity contribution in [2.24, 2.45) is 11.8 Å². The van der Waals surface area contributed by atoms with Gasteiger partial charge in [0.25, 0.3) is 0 Å². The number of rotatable bonds is 4. The Hall–Kier alpha value is -4.10. The molecular weight excluding hydrogens is 458 g/mol. The monoisotopic (exact) mass is 489 g/mol. The third kappa shape index (κ3) is 3.11. The smallest absolute Gasteiger partial charge is 0.0543 e. The molecule has 8 rings (SSSR count). The maximum atomic E-state index is 2.47. The van der Waals surface area contributed by atoms with Crippen LogP contribution >= 0.6 is 0 Å². The van der Waals surface area contributed by atoms with E-state index in [0.29, 0.717) is 0 Å². The van der Waals surface area contributed by atoms with E-state index in [2.05, 4.69) is 132 Å². The van der Waals surface area contributed by atoms with Crippen LogP contribution in [0.25, 0.3) is 22.3 Å². The molecule has 3 atom stereocenters. The Morgan fingerprint density at radius 2 is 1.21 bits per heavy atom. The van der Waals surface area contributed by atoms with Crippen LogP contribution in [-0.2, 0) is 5.41 Å². The predicted octanol–water partition coefficient (Wildman–Crippen LogP) is 9.91. The average molecular weight is 490 g/mol. The quantitative estimate of drug-likeness (QED) is 0.243. The minimum absolute atomic E-state index is 0.185. The second kappa shape index (κ2) is 8.46. The van der Waals surface area contributed by atoms with Gasteiger partial charge in [-0.3, -0.25) is 0 Å². The Morgan fingerprint density at radius 1 is 0.553 bits per heavy atom.